The summed E-state index contributed by atoms with van der Waals surface area (Å²) in [5, 5.41) is 21.8. The lowest BCUT2D eigenvalue weighted by molar-refractivity contribution is 0.107. The van der Waals surface area contributed by atoms with Crippen LogP contribution in [0, 0.1) is 5.92 Å². The molecule has 1 aromatic heterocycles. The van der Waals surface area contributed by atoms with Gasteiger partial charge in [0, 0.05) is 12.3 Å². The van der Waals surface area contributed by atoms with E-state index in [2.05, 4.69) is 29.4 Å². The van der Waals surface area contributed by atoms with Gasteiger partial charge in [0.2, 0.25) is 5.16 Å². The summed E-state index contributed by atoms with van der Waals surface area (Å²) < 4.78 is 1.78. The van der Waals surface area contributed by atoms with Crippen LogP contribution in [-0.2, 0) is 6.54 Å². The van der Waals surface area contributed by atoms with E-state index in [0.29, 0.717) is 11.7 Å². The standard InChI is InChI=1S/C9H18N4OS/c1-7(2)5-13-8(10-11-12-13)15-6-9(3,4)14/h7,14H,5-6H2,1-4H3. The highest BCUT2D eigenvalue weighted by Crippen LogP contribution is 2.19. The molecule has 0 atom stereocenters. The molecule has 1 N–H and O–H groups in total. The largest absolute Gasteiger partial charge is 0.390 e. The van der Waals surface area contributed by atoms with Crippen LogP contribution in [0.2, 0.25) is 0 Å². The van der Waals surface area contributed by atoms with Crippen LogP contribution in [0.25, 0.3) is 0 Å². The quantitative estimate of drug-likeness (QED) is 0.770. The number of tetrazole rings is 1. The van der Waals surface area contributed by atoms with Gasteiger partial charge in [-0.3, -0.25) is 0 Å². The van der Waals surface area contributed by atoms with Gasteiger partial charge in [-0.15, -0.1) is 5.10 Å². The van der Waals surface area contributed by atoms with Gasteiger partial charge in [-0.25, -0.2) is 4.68 Å². The smallest absolute Gasteiger partial charge is 0.209 e. The number of rotatable bonds is 5. The molecule has 0 fully saturated rings. The summed E-state index contributed by atoms with van der Waals surface area (Å²) >= 11 is 1.48. The van der Waals surface area contributed by atoms with Gasteiger partial charge in [0.05, 0.1) is 5.60 Å². The molecular weight excluding hydrogens is 212 g/mol. The van der Waals surface area contributed by atoms with Crippen molar-refractivity contribution in [3.05, 3.63) is 0 Å². The summed E-state index contributed by atoms with van der Waals surface area (Å²) in [7, 11) is 0. The van der Waals surface area contributed by atoms with Crippen LogP contribution in [-0.4, -0.2) is 36.7 Å². The van der Waals surface area contributed by atoms with Crippen molar-refractivity contribution >= 4 is 11.8 Å². The lowest BCUT2D eigenvalue weighted by Gasteiger charge is -2.15. The van der Waals surface area contributed by atoms with Crippen molar-refractivity contribution in [2.45, 2.75) is 45.0 Å². The second kappa shape index (κ2) is 4.94. The number of aliphatic hydroxyl groups is 1. The molecule has 86 valence electrons. The fourth-order valence-corrected chi connectivity index (χ4v) is 1.84. The lowest BCUT2D eigenvalue weighted by Crippen LogP contribution is -2.22. The van der Waals surface area contributed by atoms with Crippen molar-refractivity contribution in [2.24, 2.45) is 5.92 Å². The van der Waals surface area contributed by atoms with Gasteiger partial charge in [0.1, 0.15) is 0 Å². The molecule has 0 aliphatic rings. The van der Waals surface area contributed by atoms with Crippen LogP contribution in [0.4, 0.5) is 0 Å². The second-order valence-electron chi connectivity index (χ2n) is 4.64. The van der Waals surface area contributed by atoms with Gasteiger partial charge >= 0.3 is 0 Å². The number of hydrogen-bond acceptors (Lipinski definition) is 5. The second-order valence-corrected chi connectivity index (χ2v) is 5.58. The Bertz CT molecular complexity index is 305. The fraction of sp³-hybridized carbons (Fsp3) is 0.889. The summed E-state index contributed by atoms with van der Waals surface area (Å²) in [6, 6.07) is 0. The van der Waals surface area contributed by atoms with E-state index >= 15 is 0 Å². The first-order valence-corrected chi connectivity index (χ1v) is 5.98. The SMILES string of the molecule is CC(C)Cn1nnnc1SCC(C)(C)O. The van der Waals surface area contributed by atoms with E-state index in [0.717, 1.165) is 11.7 Å². The predicted molar refractivity (Wildman–Crippen MR) is 59.7 cm³/mol. The van der Waals surface area contributed by atoms with E-state index in [1.165, 1.54) is 11.8 Å². The molecule has 0 aliphatic carbocycles. The fourth-order valence-electron chi connectivity index (χ4n) is 1.00. The molecule has 1 heterocycles. The van der Waals surface area contributed by atoms with Crippen LogP contribution in [0.3, 0.4) is 0 Å². The van der Waals surface area contributed by atoms with E-state index in [1.807, 2.05) is 0 Å². The summed E-state index contributed by atoms with van der Waals surface area (Å²) in [5.74, 6) is 1.10. The molecule has 0 unspecified atom stereocenters. The van der Waals surface area contributed by atoms with Gasteiger partial charge in [-0.1, -0.05) is 25.6 Å². The number of hydrogen-bond donors (Lipinski definition) is 1. The molecule has 15 heavy (non-hydrogen) atoms. The van der Waals surface area contributed by atoms with E-state index in [1.54, 1.807) is 18.5 Å². The molecule has 0 aliphatic heterocycles. The summed E-state index contributed by atoms with van der Waals surface area (Å²) in [6.45, 7) is 8.59. The molecule has 0 aromatic carbocycles. The Morgan fingerprint density at radius 1 is 1.47 bits per heavy atom. The molecule has 5 nitrogen and oxygen atoms in total. The highest BCUT2D eigenvalue weighted by atomic mass is 32.2. The molecule has 6 heteroatoms. The number of thioether (sulfide) groups is 1. The third-order valence-corrected chi connectivity index (χ3v) is 2.99. The van der Waals surface area contributed by atoms with Crippen molar-refractivity contribution in [1.29, 1.82) is 0 Å². The van der Waals surface area contributed by atoms with Crippen molar-refractivity contribution < 1.29 is 5.11 Å². The average molecular weight is 230 g/mol. The molecule has 0 radical (unpaired) electrons. The minimum Gasteiger partial charge on any atom is -0.390 e. The zero-order valence-electron chi connectivity index (χ0n) is 9.64. The van der Waals surface area contributed by atoms with Crippen molar-refractivity contribution in [1.82, 2.24) is 20.2 Å². The average Bonchev–Trinajstić information content (AvgIpc) is 2.46. The van der Waals surface area contributed by atoms with E-state index in [-0.39, 0.29) is 0 Å². The Kier molecular flexibility index (Phi) is 4.10. The van der Waals surface area contributed by atoms with Crippen molar-refractivity contribution in [3.63, 3.8) is 0 Å². The third kappa shape index (κ3) is 4.61. The van der Waals surface area contributed by atoms with E-state index in [4.69, 9.17) is 0 Å². The third-order valence-electron chi connectivity index (χ3n) is 1.59. The first kappa shape index (κ1) is 12.4. The van der Waals surface area contributed by atoms with E-state index < -0.39 is 5.60 Å². The maximum absolute atomic E-state index is 9.59. The molecule has 0 spiro atoms. The zero-order valence-corrected chi connectivity index (χ0v) is 10.5. The van der Waals surface area contributed by atoms with Crippen LogP contribution >= 0.6 is 11.8 Å². The highest BCUT2D eigenvalue weighted by Gasteiger charge is 2.16. The first-order chi connectivity index (χ1) is 6.88. The first-order valence-electron chi connectivity index (χ1n) is 5.00. The number of aromatic nitrogens is 4. The maximum Gasteiger partial charge on any atom is 0.209 e. The van der Waals surface area contributed by atoms with Gasteiger partial charge in [-0.2, -0.15) is 0 Å². The molecule has 1 rings (SSSR count). The monoisotopic (exact) mass is 230 g/mol. The maximum atomic E-state index is 9.59. The van der Waals surface area contributed by atoms with Gasteiger partial charge in [0.15, 0.2) is 0 Å². The minimum atomic E-state index is -0.695. The van der Waals surface area contributed by atoms with Crippen LogP contribution < -0.4 is 0 Å². The Hall–Kier alpha value is -0.620. The predicted octanol–water partition coefficient (Wildman–Crippen LogP) is 1.19. The van der Waals surface area contributed by atoms with Crippen molar-refractivity contribution in [2.75, 3.05) is 5.75 Å². The summed E-state index contributed by atoms with van der Waals surface area (Å²) in [4.78, 5) is 0. The molecule has 0 saturated heterocycles. The molecular formula is C9H18N4OS. The molecule has 0 amide bonds. The van der Waals surface area contributed by atoms with Crippen LogP contribution in [0.1, 0.15) is 27.7 Å². The van der Waals surface area contributed by atoms with Gasteiger partial charge < -0.3 is 5.11 Å². The Morgan fingerprint density at radius 2 is 2.13 bits per heavy atom. The summed E-state index contributed by atoms with van der Waals surface area (Å²) in [5.41, 5.74) is -0.695. The van der Waals surface area contributed by atoms with Crippen LogP contribution in [0.5, 0.6) is 0 Å². The van der Waals surface area contributed by atoms with Gasteiger partial charge in [-0.05, 0) is 30.2 Å². The Morgan fingerprint density at radius 3 is 2.67 bits per heavy atom. The summed E-state index contributed by atoms with van der Waals surface area (Å²) in [6.07, 6.45) is 0. The highest BCUT2D eigenvalue weighted by molar-refractivity contribution is 7.99. The normalized spacial score (nSPS) is 12.4. The molecule has 0 saturated carbocycles. The minimum absolute atomic E-state index is 0.509. The topological polar surface area (TPSA) is 63.8 Å². The Balaban J connectivity index is 2.57. The van der Waals surface area contributed by atoms with Gasteiger partial charge in [0.25, 0.3) is 0 Å². The number of nitrogens with zero attached hydrogens (tertiary/aromatic N) is 4. The molecule has 0 bridgehead atoms. The van der Waals surface area contributed by atoms with Crippen LogP contribution in [0.15, 0.2) is 5.16 Å². The molecule has 1 aromatic rings. The Labute approximate surface area is 94.3 Å². The van der Waals surface area contributed by atoms with Crippen molar-refractivity contribution in [3.8, 4) is 0 Å². The van der Waals surface area contributed by atoms with E-state index in [9.17, 15) is 5.11 Å². The lowest BCUT2D eigenvalue weighted by atomic mass is 10.2. The zero-order chi connectivity index (χ0) is 11.5.